The van der Waals surface area contributed by atoms with E-state index in [2.05, 4.69) is 15.5 Å². The summed E-state index contributed by atoms with van der Waals surface area (Å²) in [7, 11) is 0. The Morgan fingerprint density at radius 2 is 2.06 bits per heavy atom. The maximum atomic E-state index is 15.5. The van der Waals surface area contributed by atoms with Crippen LogP contribution in [0.3, 0.4) is 0 Å². The van der Waals surface area contributed by atoms with Gasteiger partial charge in [0.05, 0.1) is 11.2 Å². The largest absolute Gasteiger partial charge is 0.355 e. The molecule has 8 heteroatoms. The molecule has 2 aromatic carbocycles. The smallest absolute Gasteiger partial charge is 0.225 e. The third kappa shape index (κ3) is 4.12. The molecular formula is C27H28FN5O2. The minimum atomic E-state index is -1.14. The molecule has 35 heavy (non-hydrogen) atoms. The maximum absolute atomic E-state index is 15.5. The number of nitrogens with one attached hydrogen (secondary N) is 1. The second-order valence-corrected chi connectivity index (χ2v) is 9.85. The van der Waals surface area contributed by atoms with Gasteiger partial charge in [0.1, 0.15) is 11.7 Å². The van der Waals surface area contributed by atoms with E-state index in [-0.39, 0.29) is 23.4 Å². The topological polar surface area (TPSA) is 81.1 Å². The standard InChI is InChI=1S/C27H28FN5O2/c1-16-11-24(22(28)14-21(16)20-7-4-18-3-2-9-29-23(18)13-20)33-25(30-31-27(33)35)12-17-8-10-32(15-17)26(34)19-5-6-19/h2-4,7,9,11,13-14,17,19,27,31,35H,5-6,8,10,12,15H2,1H3/t17-,27?/m0/s1. The highest BCUT2D eigenvalue weighted by Gasteiger charge is 2.38. The molecule has 2 atom stereocenters. The Labute approximate surface area is 203 Å². The average Bonchev–Trinajstić information content (AvgIpc) is 3.51. The number of likely N-dealkylation sites (tertiary alicyclic amines) is 1. The first kappa shape index (κ1) is 22.0. The van der Waals surface area contributed by atoms with E-state index in [9.17, 15) is 9.90 Å². The molecule has 0 bridgehead atoms. The van der Waals surface area contributed by atoms with Crippen molar-refractivity contribution < 1.29 is 14.3 Å². The molecule has 180 valence electrons. The van der Waals surface area contributed by atoms with Gasteiger partial charge in [-0.15, -0.1) is 0 Å². The number of aliphatic hydroxyl groups excluding tert-OH is 1. The molecule has 1 aromatic heterocycles. The van der Waals surface area contributed by atoms with Gasteiger partial charge in [0.2, 0.25) is 12.3 Å². The zero-order valence-corrected chi connectivity index (χ0v) is 19.6. The van der Waals surface area contributed by atoms with Crippen LogP contribution in [0.2, 0.25) is 0 Å². The second-order valence-electron chi connectivity index (χ2n) is 9.85. The number of hydrazone groups is 1. The highest BCUT2D eigenvalue weighted by Crippen LogP contribution is 2.36. The molecule has 0 spiro atoms. The molecule has 2 aliphatic heterocycles. The number of halogens is 1. The minimum absolute atomic E-state index is 0.214. The molecule has 3 aromatic rings. The number of hydrogen-bond acceptors (Lipinski definition) is 6. The summed E-state index contributed by atoms with van der Waals surface area (Å²) < 4.78 is 15.5. The van der Waals surface area contributed by atoms with Crippen molar-refractivity contribution >= 4 is 28.3 Å². The Hall–Kier alpha value is -3.52. The van der Waals surface area contributed by atoms with Gasteiger partial charge in [0.15, 0.2) is 0 Å². The predicted octanol–water partition coefficient (Wildman–Crippen LogP) is 4.00. The number of nitrogens with zero attached hydrogens (tertiary/aromatic N) is 4. The number of benzene rings is 2. The van der Waals surface area contributed by atoms with E-state index in [0.717, 1.165) is 53.4 Å². The Balaban J connectivity index is 1.24. The van der Waals surface area contributed by atoms with Gasteiger partial charge in [0, 0.05) is 37.0 Å². The van der Waals surface area contributed by atoms with E-state index in [0.29, 0.717) is 18.8 Å². The lowest BCUT2D eigenvalue weighted by molar-refractivity contribution is -0.131. The number of fused-ring (bicyclic) bond motifs is 1. The van der Waals surface area contributed by atoms with Gasteiger partial charge in [-0.25, -0.2) is 4.39 Å². The van der Waals surface area contributed by atoms with Gasteiger partial charge in [0.25, 0.3) is 0 Å². The van der Waals surface area contributed by atoms with Gasteiger partial charge in [-0.3, -0.25) is 20.1 Å². The summed E-state index contributed by atoms with van der Waals surface area (Å²) in [4.78, 5) is 20.3. The molecule has 3 aliphatic rings. The number of hydrogen-bond donors (Lipinski definition) is 2. The number of pyridine rings is 1. The van der Waals surface area contributed by atoms with E-state index in [1.165, 1.54) is 11.0 Å². The number of amides is 1. The molecule has 0 radical (unpaired) electrons. The summed E-state index contributed by atoms with van der Waals surface area (Å²) in [5.41, 5.74) is 6.38. The van der Waals surface area contributed by atoms with Gasteiger partial charge >= 0.3 is 0 Å². The SMILES string of the molecule is Cc1cc(N2C(C[C@@H]3CCN(C(=O)C4CC4)C3)=NNC2O)c(F)cc1-c1ccc2cccnc2c1. The quantitative estimate of drug-likeness (QED) is 0.586. The number of carbonyl (C=O) groups is 1. The lowest BCUT2D eigenvalue weighted by Gasteiger charge is -2.26. The second kappa shape index (κ2) is 8.61. The van der Waals surface area contributed by atoms with Gasteiger partial charge < -0.3 is 10.0 Å². The summed E-state index contributed by atoms with van der Waals surface area (Å²) in [6.07, 6.45) is 4.06. The normalized spacial score (nSPS) is 22.0. The van der Waals surface area contributed by atoms with Crippen molar-refractivity contribution in [3.05, 3.63) is 60.0 Å². The van der Waals surface area contributed by atoms with Crippen molar-refractivity contribution in [2.75, 3.05) is 18.0 Å². The van der Waals surface area contributed by atoms with Crippen molar-refractivity contribution in [3.63, 3.8) is 0 Å². The van der Waals surface area contributed by atoms with Crippen LogP contribution in [0.15, 0.2) is 53.8 Å². The fourth-order valence-electron chi connectivity index (χ4n) is 5.24. The van der Waals surface area contributed by atoms with Crippen LogP contribution in [-0.4, -0.2) is 46.2 Å². The van der Waals surface area contributed by atoms with E-state index >= 15 is 4.39 Å². The third-order valence-electron chi connectivity index (χ3n) is 7.30. The van der Waals surface area contributed by atoms with E-state index in [1.807, 2.05) is 42.2 Å². The summed E-state index contributed by atoms with van der Waals surface area (Å²) in [5.74, 6) is 0.867. The monoisotopic (exact) mass is 473 g/mol. The lowest BCUT2D eigenvalue weighted by atomic mass is 9.97. The van der Waals surface area contributed by atoms with Crippen LogP contribution in [-0.2, 0) is 4.79 Å². The van der Waals surface area contributed by atoms with Crippen molar-refractivity contribution in [1.82, 2.24) is 15.3 Å². The van der Waals surface area contributed by atoms with Crippen LogP contribution in [0.25, 0.3) is 22.0 Å². The first-order chi connectivity index (χ1) is 17.0. The predicted molar refractivity (Wildman–Crippen MR) is 133 cm³/mol. The van der Waals surface area contributed by atoms with Crippen LogP contribution in [0, 0.1) is 24.6 Å². The van der Waals surface area contributed by atoms with E-state index in [4.69, 9.17) is 0 Å². The summed E-state index contributed by atoms with van der Waals surface area (Å²) in [6.45, 7) is 3.38. The van der Waals surface area contributed by atoms with Crippen LogP contribution < -0.4 is 10.3 Å². The van der Waals surface area contributed by atoms with Gasteiger partial charge in [-0.05, 0) is 73.1 Å². The van der Waals surface area contributed by atoms with Crippen molar-refractivity contribution in [1.29, 1.82) is 0 Å². The van der Waals surface area contributed by atoms with Gasteiger partial charge in [-0.1, -0.05) is 18.2 Å². The van der Waals surface area contributed by atoms with Crippen LogP contribution in [0.4, 0.5) is 10.1 Å². The molecule has 1 unspecified atom stereocenters. The molecule has 6 rings (SSSR count). The number of aromatic nitrogens is 1. The van der Waals surface area contributed by atoms with Crippen LogP contribution in [0.1, 0.15) is 31.2 Å². The zero-order chi connectivity index (χ0) is 24.1. The molecule has 1 amide bonds. The highest BCUT2D eigenvalue weighted by molar-refractivity contribution is 6.00. The van der Waals surface area contributed by atoms with Crippen molar-refractivity contribution in [3.8, 4) is 11.1 Å². The Kier molecular flexibility index (Phi) is 5.40. The summed E-state index contributed by atoms with van der Waals surface area (Å²) in [6, 6.07) is 13.1. The number of rotatable bonds is 5. The zero-order valence-electron chi connectivity index (χ0n) is 19.6. The van der Waals surface area contributed by atoms with Crippen LogP contribution in [0.5, 0.6) is 0 Å². The molecule has 2 fully saturated rings. The number of anilines is 1. The minimum Gasteiger partial charge on any atom is -0.355 e. The van der Waals surface area contributed by atoms with E-state index < -0.39 is 12.2 Å². The highest BCUT2D eigenvalue weighted by atomic mass is 19.1. The first-order valence-corrected chi connectivity index (χ1v) is 12.2. The Bertz CT molecular complexity index is 1340. The number of aliphatic hydroxyl groups is 1. The first-order valence-electron chi connectivity index (χ1n) is 12.2. The molecule has 7 nitrogen and oxygen atoms in total. The molecular weight excluding hydrogens is 445 g/mol. The Morgan fingerprint density at radius 3 is 2.89 bits per heavy atom. The molecule has 2 N–H and O–H groups in total. The third-order valence-corrected chi connectivity index (χ3v) is 7.30. The summed E-state index contributed by atoms with van der Waals surface area (Å²) >= 11 is 0. The van der Waals surface area contributed by atoms with Crippen molar-refractivity contribution in [2.24, 2.45) is 16.9 Å². The molecule has 3 heterocycles. The lowest BCUT2D eigenvalue weighted by Crippen LogP contribution is -2.41. The van der Waals surface area contributed by atoms with Crippen molar-refractivity contribution in [2.45, 2.75) is 39.0 Å². The number of aryl methyl sites for hydroxylation is 1. The number of carbonyl (C=O) groups excluding carboxylic acids is 1. The van der Waals surface area contributed by atoms with Crippen LogP contribution >= 0.6 is 0 Å². The Morgan fingerprint density at radius 1 is 1.20 bits per heavy atom. The maximum Gasteiger partial charge on any atom is 0.225 e. The molecule has 1 saturated carbocycles. The summed E-state index contributed by atoms with van der Waals surface area (Å²) in [5, 5.41) is 15.9. The number of amidine groups is 1. The fourth-order valence-corrected chi connectivity index (χ4v) is 5.24. The van der Waals surface area contributed by atoms with Gasteiger partial charge in [-0.2, -0.15) is 5.10 Å². The molecule has 1 saturated heterocycles. The molecule has 1 aliphatic carbocycles. The fraction of sp³-hybridized carbons (Fsp3) is 0.370. The van der Waals surface area contributed by atoms with E-state index in [1.54, 1.807) is 12.3 Å². The average molecular weight is 474 g/mol.